The van der Waals surface area contributed by atoms with Crippen LogP contribution in [0.4, 0.5) is 0 Å². The van der Waals surface area contributed by atoms with Crippen molar-refractivity contribution in [2.45, 2.75) is 45.4 Å². The van der Waals surface area contributed by atoms with Crippen LogP contribution < -0.4 is 5.32 Å². The van der Waals surface area contributed by atoms with Gasteiger partial charge in [-0.1, -0.05) is 6.92 Å². The lowest BCUT2D eigenvalue weighted by atomic mass is 10.1. The second kappa shape index (κ2) is 8.78. The van der Waals surface area contributed by atoms with Crippen LogP contribution in [0.5, 0.6) is 0 Å². The Bertz CT molecular complexity index is 553. The summed E-state index contributed by atoms with van der Waals surface area (Å²) in [5.41, 5.74) is 1.15. The van der Waals surface area contributed by atoms with Crippen LogP contribution in [0.1, 0.15) is 25.3 Å². The summed E-state index contributed by atoms with van der Waals surface area (Å²) in [4.78, 5) is 17.0. The molecule has 7 heteroatoms. The van der Waals surface area contributed by atoms with Crippen molar-refractivity contribution in [3.63, 3.8) is 0 Å². The maximum absolute atomic E-state index is 12.4. The molecule has 2 fully saturated rings. The van der Waals surface area contributed by atoms with Crippen molar-refractivity contribution in [1.82, 2.24) is 24.9 Å². The van der Waals surface area contributed by atoms with E-state index in [2.05, 4.69) is 27.1 Å². The Balaban J connectivity index is 1.40. The molecule has 2 aliphatic rings. The van der Waals surface area contributed by atoms with Crippen molar-refractivity contribution in [2.75, 3.05) is 45.9 Å². The van der Waals surface area contributed by atoms with Crippen LogP contribution in [0.25, 0.3) is 0 Å². The van der Waals surface area contributed by atoms with E-state index in [-0.39, 0.29) is 12.0 Å². The Hall–Kier alpha value is -1.44. The monoisotopic (exact) mass is 349 g/mol. The van der Waals surface area contributed by atoms with Crippen LogP contribution in [-0.4, -0.2) is 83.5 Å². The molecular formula is C18H31N5O2. The van der Waals surface area contributed by atoms with Gasteiger partial charge in [0.25, 0.3) is 0 Å². The summed E-state index contributed by atoms with van der Waals surface area (Å²) in [6.07, 6.45) is 6.09. The molecule has 0 aliphatic carbocycles. The number of morpholine rings is 1. The van der Waals surface area contributed by atoms with E-state index in [1.165, 1.54) is 0 Å². The summed E-state index contributed by atoms with van der Waals surface area (Å²) in [6.45, 7) is 11.0. The van der Waals surface area contributed by atoms with E-state index >= 15 is 0 Å². The van der Waals surface area contributed by atoms with Crippen molar-refractivity contribution in [2.24, 2.45) is 0 Å². The number of amides is 1. The van der Waals surface area contributed by atoms with Gasteiger partial charge in [-0.15, -0.1) is 0 Å². The van der Waals surface area contributed by atoms with E-state index in [4.69, 9.17) is 4.74 Å². The first-order valence-electron chi connectivity index (χ1n) is 9.47. The smallest absolute Gasteiger partial charge is 0.234 e. The molecule has 2 aliphatic heterocycles. The molecule has 1 N–H and O–H groups in total. The molecule has 1 aromatic rings. The summed E-state index contributed by atoms with van der Waals surface area (Å²) in [7, 11) is 0. The third kappa shape index (κ3) is 5.52. The van der Waals surface area contributed by atoms with Crippen molar-refractivity contribution < 1.29 is 9.53 Å². The average molecular weight is 349 g/mol. The number of nitrogens with zero attached hydrogens (tertiary/aromatic N) is 4. The fourth-order valence-electron chi connectivity index (χ4n) is 3.68. The van der Waals surface area contributed by atoms with Gasteiger partial charge in [-0.25, -0.2) is 0 Å². The van der Waals surface area contributed by atoms with Crippen molar-refractivity contribution in [1.29, 1.82) is 0 Å². The molecule has 0 unspecified atom stereocenters. The topological polar surface area (TPSA) is 62.6 Å². The highest BCUT2D eigenvalue weighted by Gasteiger charge is 2.24. The number of rotatable bonds is 6. The van der Waals surface area contributed by atoms with Gasteiger partial charge in [0.1, 0.15) is 0 Å². The minimum absolute atomic E-state index is 0.0913. The van der Waals surface area contributed by atoms with Gasteiger partial charge in [0.15, 0.2) is 0 Å². The summed E-state index contributed by atoms with van der Waals surface area (Å²) < 4.78 is 7.76. The Morgan fingerprint density at radius 3 is 2.80 bits per heavy atom. The number of aryl methyl sites for hydroxylation is 1. The van der Waals surface area contributed by atoms with Crippen LogP contribution >= 0.6 is 0 Å². The molecule has 0 saturated carbocycles. The lowest BCUT2D eigenvalue weighted by Gasteiger charge is -2.34. The van der Waals surface area contributed by atoms with E-state index in [1.807, 2.05) is 24.0 Å². The molecule has 7 nitrogen and oxygen atoms in total. The van der Waals surface area contributed by atoms with Gasteiger partial charge in [0.05, 0.1) is 32.0 Å². The van der Waals surface area contributed by atoms with Gasteiger partial charge in [-0.3, -0.25) is 14.4 Å². The molecule has 0 bridgehead atoms. The summed E-state index contributed by atoms with van der Waals surface area (Å²) in [6, 6.07) is 0.333. The van der Waals surface area contributed by atoms with Crippen LogP contribution in [-0.2, 0) is 16.1 Å². The first-order valence-corrected chi connectivity index (χ1v) is 9.47. The van der Waals surface area contributed by atoms with Crippen molar-refractivity contribution >= 4 is 5.91 Å². The van der Waals surface area contributed by atoms with Gasteiger partial charge in [-0.2, -0.15) is 5.10 Å². The Kier molecular flexibility index (Phi) is 6.45. The SMILES string of the molecule is CCN1CCC(NC(=O)CN2CCO[C@H](Cn3cc(C)cn3)C2)CC1. The summed E-state index contributed by atoms with van der Waals surface area (Å²) >= 11 is 0. The number of carbonyl (C=O) groups excluding carboxylic acids is 1. The summed E-state index contributed by atoms with van der Waals surface area (Å²) in [5, 5.41) is 7.53. The van der Waals surface area contributed by atoms with E-state index in [0.717, 1.165) is 57.7 Å². The average Bonchev–Trinajstić information content (AvgIpc) is 3.00. The minimum atomic E-state index is 0.0913. The van der Waals surface area contributed by atoms with Crippen LogP contribution in [0, 0.1) is 6.92 Å². The van der Waals surface area contributed by atoms with Crippen LogP contribution in [0.3, 0.4) is 0 Å². The Morgan fingerprint density at radius 1 is 1.32 bits per heavy atom. The molecule has 0 aromatic carbocycles. The molecule has 25 heavy (non-hydrogen) atoms. The minimum Gasteiger partial charge on any atom is -0.374 e. The van der Waals surface area contributed by atoms with Crippen molar-refractivity contribution in [3.05, 3.63) is 18.0 Å². The van der Waals surface area contributed by atoms with E-state index < -0.39 is 0 Å². The first-order chi connectivity index (χ1) is 12.1. The maximum Gasteiger partial charge on any atom is 0.234 e. The largest absolute Gasteiger partial charge is 0.374 e. The Morgan fingerprint density at radius 2 is 2.12 bits per heavy atom. The van der Waals surface area contributed by atoms with Gasteiger partial charge in [0, 0.05) is 38.4 Å². The molecule has 0 radical (unpaired) electrons. The first kappa shape index (κ1) is 18.4. The predicted octanol–water partition coefficient (Wildman–Crippen LogP) is 0.493. The molecule has 2 saturated heterocycles. The van der Waals surface area contributed by atoms with Crippen LogP contribution in [0.15, 0.2) is 12.4 Å². The Labute approximate surface area is 150 Å². The molecular weight excluding hydrogens is 318 g/mol. The van der Waals surface area contributed by atoms with E-state index in [9.17, 15) is 4.79 Å². The van der Waals surface area contributed by atoms with Gasteiger partial charge in [0.2, 0.25) is 5.91 Å². The zero-order valence-electron chi connectivity index (χ0n) is 15.5. The molecule has 3 heterocycles. The maximum atomic E-state index is 12.4. The molecule has 1 aromatic heterocycles. The molecule has 1 amide bonds. The standard InChI is InChI=1S/C18H31N5O2/c1-3-21-6-4-16(5-7-21)20-18(24)14-22-8-9-25-17(12-22)13-23-11-15(2)10-19-23/h10-11,16-17H,3-9,12-14H2,1-2H3,(H,20,24)/t17-/m0/s1. The second-order valence-electron chi connectivity index (χ2n) is 7.24. The third-order valence-electron chi connectivity index (χ3n) is 5.14. The van der Waals surface area contributed by atoms with Gasteiger partial charge in [-0.05, 0) is 31.9 Å². The lowest BCUT2D eigenvalue weighted by molar-refractivity contribution is -0.125. The fourth-order valence-corrected chi connectivity index (χ4v) is 3.68. The number of likely N-dealkylation sites (tertiary alicyclic amines) is 1. The zero-order valence-corrected chi connectivity index (χ0v) is 15.5. The quantitative estimate of drug-likeness (QED) is 0.810. The number of nitrogens with one attached hydrogen (secondary N) is 1. The highest BCUT2D eigenvalue weighted by molar-refractivity contribution is 5.78. The second-order valence-corrected chi connectivity index (χ2v) is 7.24. The number of piperidine rings is 1. The fraction of sp³-hybridized carbons (Fsp3) is 0.778. The van der Waals surface area contributed by atoms with Gasteiger partial charge >= 0.3 is 0 Å². The highest BCUT2D eigenvalue weighted by atomic mass is 16.5. The predicted molar refractivity (Wildman–Crippen MR) is 96.4 cm³/mol. The van der Waals surface area contributed by atoms with E-state index in [1.54, 1.807) is 0 Å². The molecule has 0 spiro atoms. The lowest BCUT2D eigenvalue weighted by Crippen LogP contribution is -2.51. The highest BCUT2D eigenvalue weighted by Crippen LogP contribution is 2.11. The molecule has 1 atom stereocenters. The molecule has 3 rings (SSSR count). The molecule has 140 valence electrons. The van der Waals surface area contributed by atoms with Crippen molar-refractivity contribution in [3.8, 4) is 0 Å². The number of ether oxygens (including phenoxy) is 1. The number of aromatic nitrogens is 2. The summed E-state index contributed by atoms with van der Waals surface area (Å²) in [5.74, 6) is 0.144. The normalized spacial score (nSPS) is 23.7. The zero-order chi connectivity index (χ0) is 17.6. The number of hydrogen-bond acceptors (Lipinski definition) is 5. The third-order valence-corrected chi connectivity index (χ3v) is 5.14. The van der Waals surface area contributed by atoms with Crippen LogP contribution in [0.2, 0.25) is 0 Å². The number of hydrogen-bond donors (Lipinski definition) is 1. The number of carbonyl (C=O) groups is 1. The van der Waals surface area contributed by atoms with Gasteiger partial charge < -0.3 is 15.0 Å². The van der Waals surface area contributed by atoms with E-state index in [0.29, 0.717) is 19.2 Å².